The lowest BCUT2D eigenvalue weighted by atomic mass is 10.1. The number of nitrogens with one attached hydrogen (secondary N) is 2. The van der Waals surface area contributed by atoms with Gasteiger partial charge in [-0.2, -0.15) is 0 Å². The molecule has 0 saturated heterocycles. The van der Waals surface area contributed by atoms with Crippen molar-refractivity contribution in [3.63, 3.8) is 0 Å². The molecule has 4 nitrogen and oxygen atoms in total. The first-order chi connectivity index (χ1) is 8.93. The quantitative estimate of drug-likeness (QED) is 0.763. The highest BCUT2D eigenvalue weighted by Crippen LogP contribution is 2.05. The van der Waals surface area contributed by atoms with E-state index in [9.17, 15) is 8.42 Å². The van der Waals surface area contributed by atoms with E-state index >= 15 is 0 Å². The van der Waals surface area contributed by atoms with Crippen LogP contribution in [0.3, 0.4) is 0 Å². The van der Waals surface area contributed by atoms with Crippen LogP contribution in [0.2, 0.25) is 0 Å². The molecule has 2 N–H and O–H groups in total. The maximum atomic E-state index is 11.8. The molecule has 0 aliphatic rings. The topological polar surface area (TPSA) is 58.2 Å². The molecule has 0 fully saturated rings. The molecule has 0 saturated carbocycles. The Morgan fingerprint density at radius 1 is 1.11 bits per heavy atom. The molecule has 0 aliphatic carbocycles. The predicted octanol–water partition coefficient (Wildman–Crippen LogP) is 1.67. The Morgan fingerprint density at radius 2 is 1.68 bits per heavy atom. The zero-order valence-corrected chi connectivity index (χ0v) is 12.8. The first-order valence-electron chi connectivity index (χ1n) is 6.71. The van der Waals surface area contributed by atoms with E-state index in [1.165, 1.54) is 5.56 Å². The van der Waals surface area contributed by atoms with Gasteiger partial charge in [-0.1, -0.05) is 45.0 Å². The zero-order chi connectivity index (χ0) is 14.3. The minimum atomic E-state index is -3.20. The lowest BCUT2D eigenvalue weighted by Gasteiger charge is -2.10. The molecule has 0 atom stereocenters. The number of sulfonamides is 1. The largest absolute Gasteiger partial charge is 0.313 e. The van der Waals surface area contributed by atoms with Gasteiger partial charge >= 0.3 is 0 Å². The van der Waals surface area contributed by atoms with E-state index in [1.54, 1.807) is 0 Å². The fourth-order valence-corrected chi connectivity index (χ4v) is 2.56. The van der Waals surface area contributed by atoms with Crippen LogP contribution in [0, 0.1) is 0 Å². The van der Waals surface area contributed by atoms with E-state index in [2.05, 4.69) is 17.0 Å². The van der Waals surface area contributed by atoms with E-state index in [-0.39, 0.29) is 5.75 Å². The second-order valence-electron chi connectivity index (χ2n) is 4.92. The van der Waals surface area contributed by atoms with Crippen LogP contribution < -0.4 is 10.0 Å². The normalized spacial score (nSPS) is 12.0. The molecular weight excluding hydrogens is 260 g/mol. The summed E-state index contributed by atoms with van der Waals surface area (Å²) < 4.78 is 26.1. The van der Waals surface area contributed by atoms with Crippen molar-refractivity contribution in [1.29, 1.82) is 0 Å². The van der Waals surface area contributed by atoms with E-state index in [4.69, 9.17) is 0 Å². The van der Waals surface area contributed by atoms with Gasteiger partial charge in [0.2, 0.25) is 10.0 Å². The maximum Gasteiger partial charge on any atom is 0.213 e. The summed E-state index contributed by atoms with van der Waals surface area (Å²) in [6.07, 6.45) is 0.993. The molecule has 0 bridgehead atoms. The molecular formula is C14H24N2O2S. The number of benzene rings is 1. The summed E-state index contributed by atoms with van der Waals surface area (Å²) in [5.41, 5.74) is 2.24. The zero-order valence-electron chi connectivity index (χ0n) is 11.9. The third kappa shape index (κ3) is 6.71. The average Bonchev–Trinajstić information content (AvgIpc) is 2.36. The molecule has 1 rings (SSSR count). The Hall–Kier alpha value is -0.910. The summed E-state index contributed by atoms with van der Waals surface area (Å²) >= 11 is 0. The van der Waals surface area contributed by atoms with E-state index in [1.807, 2.05) is 38.1 Å². The van der Waals surface area contributed by atoms with Crippen LogP contribution in [0.1, 0.15) is 31.9 Å². The Bertz CT molecular complexity index is 467. The van der Waals surface area contributed by atoms with E-state index in [0.29, 0.717) is 19.1 Å². The van der Waals surface area contributed by atoms with Crippen LogP contribution in [-0.4, -0.2) is 26.8 Å². The van der Waals surface area contributed by atoms with Crippen molar-refractivity contribution in [1.82, 2.24) is 10.0 Å². The maximum absolute atomic E-state index is 11.8. The minimum Gasteiger partial charge on any atom is -0.313 e. The lowest BCUT2D eigenvalue weighted by molar-refractivity contribution is 0.566. The third-order valence-electron chi connectivity index (χ3n) is 2.85. The van der Waals surface area contributed by atoms with Crippen LogP contribution in [0.4, 0.5) is 0 Å². The number of hydrogen-bond acceptors (Lipinski definition) is 3. The average molecular weight is 284 g/mol. The van der Waals surface area contributed by atoms with Gasteiger partial charge in [0.1, 0.15) is 0 Å². The first kappa shape index (κ1) is 16.1. The Balaban J connectivity index is 2.41. The van der Waals surface area contributed by atoms with Crippen LogP contribution in [0.15, 0.2) is 24.3 Å². The van der Waals surface area contributed by atoms with Crippen molar-refractivity contribution >= 4 is 10.0 Å². The minimum absolute atomic E-state index is 0.109. The molecule has 1 aromatic rings. The molecule has 19 heavy (non-hydrogen) atoms. The molecule has 0 aliphatic heterocycles. The highest BCUT2D eigenvalue weighted by atomic mass is 32.2. The molecule has 0 spiro atoms. The number of rotatable bonds is 8. The summed E-state index contributed by atoms with van der Waals surface area (Å²) in [6.45, 7) is 6.92. The molecule has 0 heterocycles. The Labute approximate surface area is 116 Å². The van der Waals surface area contributed by atoms with Gasteiger partial charge in [0.15, 0.2) is 0 Å². The van der Waals surface area contributed by atoms with Gasteiger partial charge in [0.05, 0.1) is 5.75 Å². The summed E-state index contributed by atoms with van der Waals surface area (Å²) in [6, 6.07) is 8.30. The van der Waals surface area contributed by atoms with Gasteiger partial charge in [0, 0.05) is 19.1 Å². The van der Waals surface area contributed by atoms with Crippen LogP contribution in [-0.2, 0) is 23.0 Å². The smallest absolute Gasteiger partial charge is 0.213 e. The van der Waals surface area contributed by atoms with Gasteiger partial charge in [-0.3, -0.25) is 0 Å². The van der Waals surface area contributed by atoms with Crippen molar-refractivity contribution in [2.75, 3.05) is 12.3 Å². The van der Waals surface area contributed by atoms with Crippen molar-refractivity contribution in [2.24, 2.45) is 0 Å². The summed E-state index contributed by atoms with van der Waals surface area (Å²) in [5.74, 6) is 0.109. The van der Waals surface area contributed by atoms with E-state index < -0.39 is 10.0 Å². The van der Waals surface area contributed by atoms with Crippen molar-refractivity contribution < 1.29 is 8.42 Å². The van der Waals surface area contributed by atoms with Crippen LogP contribution in [0.5, 0.6) is 0 Å². The highest BCUT2D eigenvalue weighted by Gasteiger charge is 2.09. The van der Waals surface area contributed by atoms with E-state index in [0.717, 1.165) is 12.0 Å². The first-order valence-corrected chi connectivity index (χ1v) is 8.36. The standard InChI is InChI=1S/C14H24N2O2S/c1-4-13-5-7-14(8-6-13)11-16-19(17,18)10-9-15-12(2)3/h5-8,12,15-16H,4,9-11H2,1-3H3. The Morgan fingerprint density at radius 3 is 2.21 bits per heavy atom. The van der Waals surface area contributed by atoms with Gasteiger partial charge < -0.3 is 5.32 Å². The fourth-order valence-electron chi connectivity index (χ4n) is 1.64. The van der Waals surface area contributed by atoms with Crippen molar-refractivity contribution in [2.45, 2.75) is 39.8 Å². The summed E-state index contributed by atoms with van der Waals surface area (Å²) in [7, 11) is -3.20. The lowest BCUT2D eigenvalue weighted by Crippen LogP contribution is -2.34. The molecule has 1 aromatic carbocycles. The van der Waals surface area contributed by atoms with Gasteiger partial charge in [-0.25, -0.2) is 13.1 Å². The van der Waals surface area contributed by atoms with Crippen molar-refractivity contribution in [3.05, 3.63) is 35.4 Å². The molecule has 5 heteroatoms. The highest BCUT2D eigenvalue weighted by molar-refractivity contribution is 7.89. The van der Waals surface area contributed by atoms with Gasteiger partial charge in [0.25, 0.3) is 0 Å². The van der Waals surface area contributed by atoms with Crippen LogP contribution in [0.25, 0.3) is 0 Å². The second kappa shape index (κ2) is 7.62. The SMILES string of the molecule is CCc1ccc(CNS(=O)(=O)CCNC(C)C)cc1. The number of hydrogen-bond donors (Lipinski definition) is 2. The monoisotopic (exact) mass is 284 g/mol. The van der Waals surface area contributed by atoms with Gasteiger partial charge in [-0.15, -0.1) is 0 Å². The summed E-state index contributed by atoms with van der Waals surface area (Å²) in [4.78, 5) is 0. The fraction of sp³-hybridized carbons (Fsp3) is 0.571. The van der Waals surface area contributed by atoms with Crippen molar-refractivity contribution in [3.8, 4) is 0 Å². The van der Waals surface area contributed by atoms with Crippen LogP contribution >= 0.6 is 0 Å². The molecule has 0 amide bonds. The molecule has 0 radical (unpaired) electrons. The molecule has 108 valence electrons. The Kier molecular flexibility index (Phi) is 6.48. The summed E-state index contributed by atoms with van der Waals surface area (Å²) in [5, 5.41) is 3.10. The predicted molar refractivity (Wildman–Crippen MR) is 79.6 cm³/mol. The second-order valence-corrected chi connectivity index (χ2v) is 6.85. The number of aryl methyl sites for hydroxylation is 1. The third-order valence-corrected chi connectivity index (χ3v) is 4.18. The molecule has 0 unspecified atom stereocenters. The molecule has 0 aromatic heterocycles. The van der Waals surface area contributed by atoms with Gasteiger partial charge in [-0.05, 0) is 17.5 Å².